The number of nitrogens with zero attached hydrogens (tertiary/aromatic N) is 1. The minimum Gasteiger partial charge on any atom is -0.493 e. The molecule has 0 unspecified atom stereocenters. The molecule has 0 amide bonds. The maximum absolute atomic E-state index is 13.2. The molecule has 0 aliphatic carbocycles. The number of carbonyl (C=O) groups excluding carboxylic acids is 1. The number of aromatic nitrogens is 1. The quantitative estimate of drug-likeness (QED) is 0.426. The van der Waals surface area contributed by atoms with Crippen LogP contribution in [0, 0.1) is 6.92 Å². The molecule has 1 aliphatic heterocycles. The third kappa shape index (κ3) is 3.66. The number of aryl methyl sites for hydroxylation is 1. The number of hydrogen-bond donors (Lipinski definition) is 0. The number of halogens is 2. The Kier molecular flexibility index (Phi) is 5.91. The summed E-state index contributed by atoms with van der Waals surface area (Å²) in [4.78, 5) is 13.2. The minimum atomic E-state index is -0.381. The van der Waals surface area contributed by atoms with Crippen molar-refractivity contribution in [1.29, 1.82) is 0 Å². The molecule has 4 rings (SSSR count). The highest BCUT2D eigenvalue weighted by Gasteiger charge is 2.32. The number of fused-ring (bicyclic) bond motifs is 3. The van der Waals surface area contributed by atoms with E-state index in [2.05, 4.69) is 4.57 Å². The normalized spacial score (nSPS) is 12.2. The molecule has 1 aliphatic rings. The Morgan fingerprint density at radius 3 is 2.29 bits per heavy atom. The molecule has 5 nitrogen and oxygen atoms in total. The predicted octanol–water partition coefficient (Wildman–Crippen LogP) is 6.19. The number of rotatable bonds is 5. The Hall–Kier alpha value is -2.63. The first kappa shape index (κ1) is 21.6. The summed E-state index contributed by atoms with van der Waals surface area (Å²) < 4.78 is 18.6. The van der Waals surface area contributed by atoms with Crippen molar-refractivity contribution in [1.82, 2.24) is 4.57 Å². The maximum Gasteiger partial charge on any atom is 0.340 e. The molecule has 0 bridgehead atoms. The van der Waals surface area contributed by atoms with Gasteiger partial charge in [0.1, 0.15) is 0 Å². The van der Waals surface area contributed by atoms with E-state index in [1.54, 1.807) is 27.2 Å². The third-order valence-electron chi connectivity index (χ3n) is 5.62. The van der Waals surface area contributed by atoms with Gasteiger partial charge in [-0.25, -0.2) is 4.79 Å². The summed E-state index contributed by atoms with van der Waals surface area (Å²) in [5.41, 5.74) is 5.84. The Morgan fingerprint density at radius 1 is 1.03 bits per heavy atom. The Morgan fingerprint density at radius 2 is 1.68 bits per heavy atom. The first-order valence-corrected chi connectivity index (χ1v) is 10.8. The topological polar surface area (TPSA) is 49.7 Å². The van der Waals surface area contributed by atoms with Crippen LogP contribution >= 0.6 is 23.2 Å². The van der Waals surface area contributed by atoms with Crippen molar-refractivity contribution < 1.29 is 19.0 Å². The first-order chi connectivity index (χ1) is 14.9. The Balaban J connectivity index is 2.06. The molecule has 162 valence electrons. The lowest BCUT2D eigenvalue weighted by atomic mass is 9.93. The SMILES string of the molecule is CCOC(=O)c1c(-c2cc(Cl)cc(Cl)c2)c(C)n2c1-c1cc(OC)c(OC)cc1CC2. The van der Waals surface area contributed by atoms with E-state index >= 15 is 0 Å². The van der Waals surface area contributed by atoms with Gasteiger partial charge in [0.25, 0.3) is 0 Å². The van der Waals surface area contributed by atoms with Crippen molar-refractivity contribution in [2.24, 2.45) is 0 Å². The van der Waals surface area contributed by atoms with Gasteiger partial charge in [0, 0.05) is 33.4 Å². The van der Waals surface area contributed by atoms with Gasteiger partial charge >= 0.3 is 5.97 Å². The zero-order valence-corrected chi connectivity index (χ0v) is 19.4. The Labute approximate surface area is 191 Å². The largest absolute Gasteiger partial charge is 0.493 e. The van der Waals surface area contributed by atoms with Crippen LogP contribution in [0.3, 0.4) is 0 Å². The second-order valence-corrected chi connectivity index (χ2v) is 8.20. The number of carbonyl (C=O) groups is 1. The van der Waals surface area contributed by atoms with Crippen molar-refractivity contribution in [2.45, 2.75) is 26.8 Å². The van der Waals surface area contributed by atoms with Gasteiger partial charge in [-0.1, -0.05) is 23.2 Å². The van der Waals surface area contributed by atoms with Gasteiger partial charge in [0.05, 0.1) is 32.1 Å². The summed E-state index contributed by atoms with van der Waals surface area (Å²) in [6.45, 7) is 4.80. The number of methoxy groups -OCH3 is 2. The van der Waals surface area contributed by atoms with E-state index in [4.69, 9.17) is 37.4 Å². The van der Waals surface area contributed by atoms with E-state index in [9.17, 15) is 4.79 Å². The van der Waals surface area contributed by atoms with Gasteiger partial charge in [-0.2, -0.15) is 0 Å². The zero-order chi connectivity index (χ0) is 22.3. The molecule has 0 saturated carbocycles. The standard InChI is InChI=1S/C24H23Cl2NO4/c1-5-31-24(28)22-21(15-8-16(25)11-17(26)9-15)13(2)27-7-6-14-10-19(29-3)20(30-4)12-18(14)23(22)27/h8-12H,5-7H2,1-4H3. The molecule has 2 heterocycles. The summed E-state index contributed by atoms with van der Waals surface area (Å²) in [7, 11) is 3.22. The van der Waals surface area contributed by atoms with Crippen LogP contribution < -0.4 is 9.47 Å². The van der Waals surface area contributed by atoms with E-state index in [0.29, 0.717) is 27.1 Å². The molecule has 0 fully saturated rings. The van der Waals surface area contributed by atoms with E-state index < -0.39 is 0 Å². The van der Waals surface area contributed by atoms with Gasteiger partial charge in [0.15, 0.2) is 11.5 Å². The fourth-order valence-corrected chi connectivity index (χ4v) is 4.86. The van der Waals surface area contributed by atoms with Crippen molar-refractivity contribution in [3.05, 3.63) is 57.2 Å². The lowest BCUT2D eigenvalue weighted by molar-refractivity contribution is 0.0528. The van der Waals surface area contributed by atoms with Crippen LogP contribution in [-0.4, -0.2) is 31.4 Å². The number of esters is 1. The van der Waals surface area contributed by atoms with E-state index in [0.717, 1.165) is 46.6 Å². The zero-order valence-electron chi connectivity index (χ0n) is 17.8. The van der Waals surface area contributed by atoms with Crippen LogP contribution in [0.15, 0.2) is 30.3 Å². The highest BCUT2D eigenvalue weighted by Crippen LogP contribution is 2.45. The Bertz CT molecular complexity index is 1160. The maximum atomic E-state index is 13.2. The molecule has 0 saturated heterocycles. The summed E-state index contributed by atoms with van der Waals surface area (Å²) in [5.74, 6) is 0.890. The second-order valence-electron chi connectivity index (χ2n) is 7.33. The highest BCUT2D eigenvalue weighted by atomic mass is 35.5. The molecular weight excluding hydrogens is 437 g/mol. The van der Waals surface area contributed by atoms with E-state index in [1.165, 1.54) is 0 Å². The number of hydrogen-bond acceptors (Lipinski definition) is 4. The van der Waals surface area contributed by atoms with E-state index in [-0.39, 0.29) is 12.6 Å². The molecule has 0 radical (unpaired) electrons. The molecule has 2 aromatic carbocycles. The van der Waals surface area contributed by atoms with Crippen molar-refractivity contribution >= 4 is 29.2 Å². The predicted molar refractivity (Wildman–Crippen MR) is 123 cm³/mol. The average molecular weight is 460 g/mol. The van der Waals surface area contributed by atoms with Crippen molar-refractivity contribution in [3.63, 3.8) is 0 Å². The smallest absolute Gasteiger partial charge is 0.340 e. The summed E-state index contributed by atoms with van der Waals surface area (Å²) in [6, 6.07) is 9.22. The number of ether oxygens (including phenoxy) is 3. The summed E-state index contributed by atoms with van der Waals surface area (Å²) in [6.07, 6.45) is 0.802. The van der Waals surface area contributed by atoms with Gasteiger partial charge in [-0.05, 0) is 61.7 Å². The molecular formula is C24H23Cl2NO4. The van der Waals surface area contributed by atoms with E-state index in [1.807, 2.05) is 31.2 Å². The summed E-state index contributed by atoms with van der Waals surface area (Å²) >= 11 is 12.6. The van der Waals surface area contributed by atoms with Crippen LogP contribution in [0.2, 0.25) is 10.0 Å². The molecule has 0 N–H and O–H groups in total. The molecule has 31 heavy (non-hydrogen) atoms. The van der Waals surface area contributed by atoms with Gasteiger partial charge in [-0.15, -0.1) is 0 Å². The average Bonchev–Trinajstić information content (AvgIpc) is 3.05. The van der Waals surface area contributed by atoms with Crippen LogP contribution in [-0.2, 0) is 17.7 Å². The van der Waals surface area contributed by atoms with Gasteiger partial charge < -0.3 is 18.8 Å². The van der Waals surface area contributed by atoms with Gasteiger partial charge in [0.2, 0.25) is 0 Å². The van der Waals surface area contributed by atoms with Crippen molar-refractivity contribution in [3.8, 4) is 33.9 Å². The molecule has 0 spiro atoms. The molecule has 0 atom stereocenters. The highest BCUT2D eigenvalue weighted by molar-refractivity contribution is 6.35. The summed E-state index contributed by atoms with van der Waals surface area (Å²) in [5, 5.41) is 1.01. The lowest BCUT2D eigenvalue weighted by Crippen LogP contribution is -2.15. The van der Waals surface area contributed by atoms with Crippen LogP contribution in [0.5, 0.6) is 11.5 Å². The molecule has 7 heteroatoms. The van der Waals surface area contributed by atoms with Crippen LogP contribution in [0.1, 0.15) is 28.5 Å². The lowest BCUT2D eigenvalue weighted by Gasteiger charge is -2.23. The molecule has 1 aromatic heterocycles. The fraction of sp³-hybridized carbons (Fsp3) is 0.292. The second kappa shape index (κ2) is 8.48. The monoisotopic (exact) mass is 459 g/mol. The van der Waals surface area contributed by atoms with Crippen LogP contribution in [0.4, 0.5) is 0 Å². The van der Waals surface area contributed by atoms with Gasteiger partial charge in [-0.3, -0.25) is 0 Å². The van der Waals surface area contributed by atoms with Crippen LogP contribution in [0.25, 0.3) is 22.4 Å². The third-order valence-corrected chi connectivity index (χ3v) is 6.06. The number of benzene rings is 2. The molecule has 3 aromatic rings. The minimum absolute atomic E-state index is 0.275. The van der Waals surface area contributed by atoms with Crippen molar-refractivity contribution in [2.75, 3.05) is 20.8 Å². The fourth-order valence-electron chi connectivity index (χ4n) is 4.33. The first-order valence-electron chi connectivity index (χ1n) is 10.0.